The number of hydrogen-bond donors (Lipinski definition) is 1. The maximum absolute atomic E-state index is 12.0. The molecule has 1 aromatic carbocycles. The number of aliphatic carboxylic acids is 1. The Morgan fingerprint density at radius 3 is 2.55 bits per heavy atom. The molecule has 8 heteroatoms. The van der Waals surface area contributed by atoms with E-state index in [2.05, 4.69) is 0 Å². The maximum Gasteiger partial charge on any atom is 0.323 e. The Kier molecular flexibility index (Phi) is 4.71. The molecule has 2 rings (SSSR count). The molecule has 0 unspecified atom stereocenters. The van der Waals surface area contributed by atoms with Crippen molar-refractivity contribution in [2.45, 2.75) is 0 Å². The highest BCUT2D eigenvalue weighted by molar-refractivity contribution is 8.18. The van der Waals surface area contributed by atoms with Crippen LogP contribution in [-0.4, -0.2) is 47.9 Å². The summed E-state index contributed by atoms with van der Waals surface area (Å²) < 4.78 is 10.3. The molecule has 1 aromatic rings. The molecule has 22 heavy (non-hydrogen) atoms. The minimum absolute atomic E-state index is 0.165. The highest BCUT2D eigenvalue weighted by Gasteiger charge is 2.36. The third-order valence-corrected chi connectivity index (χ3v) is 3.78. The van der Waals surface area contributed by atoms with Crippen molar-refractivity contribution in [1.82, 2.24) is 4.90 Å². The van der Waals surface area contributed by atoms with Gasteiger partial charge in [0.25, 0.3) is 11.1 Å². The smallest absolute Gasteiger partial charge is 0.323 e. The number of carbonyl (C=O) groups is 3. The number of nitrogens with zero attached hydrogens (tertiary/aromatic N) is 1. The van der Waals surface area contributed by atoms with Gasteiger partial charge < -0.3 is 14.6 Å². The van der Waals surface area contributed by atoms with Crippen molar-refractivity contribution in [2.24, 2.45) is 0 Å². The molecule has 1 heterocycles. The van der Waals surface area contributed by atoms with Crippen LogP contribution in [0.5, 0.6) is 11.5 Å². The summed E-state index contributed by atoms with van der Waals surface area (Å²) in [6, 6.07) is 5.03. The predicted molar refractivity (Wildman–Crippen MR) is 79.9 cm³/mol. The number of carbonyl (C=O) groups excluding carboxylic acids is 2. The van der Waals surface area contributed by atoms with E-state index in [1.165, 1.54) is 20.3 Å². The molecule has 0 atom stereocenters. The van der Waals surface area contributed by atoms with Crippen LogP contribution in [-0.2, 0) is 9.59 Å². The summed E-state index contributed by atoms with van der Waals surface area (Å²) in [7, 11) is 3.00. The number of carboxylic acid groups (broad SMARTS) is 1. The van der Waals surface area contributed by atoms with Gasteiger partial charge in [0.2, 0.25) is 0 Å². The van der Waals surface area contributed by atoms with Gasteiger partial charge in [0.15, 0.2) is 11.5 Å². The first-order chi connectivity index (χ1) is 10.5. The molecule has 1 saturated heterocycles. The molecular weight excluding hydrogens is 310 g/mol. The number of methoxy groups -OCH3 is 2. The van der Waals surface area contributed by atoms with Crippen LogP contribution >= 0.6 is 11.8 Å². The lowest BCUT2D eigenvalue weighted by Gasteiger charge is -2.08. The fraction of sp³-hybridized carbons (Fsp3) is 0.214. The van der Waals surface area contributed by atoms with Crippen LogP contribution < -0.4 is 9.47 Å². The van der Waals surface area contributed by atoms with E-state index in [9.17, 15) is 14.4 Å². The summed E-state index contributed by atoms with van der Waals surface area (Å²) in [6.45, 7) is -0.645. The topological polar surface area (TPSA) is 93.1 Å². The van der Waals surface area contributed by atoms with Crippen molar-refractivity contribution in [2.75, 3.05) is 20.8 Å². The Morgan fingerprint density at radius 2 is 1.95 bits per heavy atom. The Bertz CT molecular complexity index is 669. The van der Waals surface area contributed by atoms with Crippen molar-refractivity contribution in [3.8, 4) is 11.5 Å². The monoisotopic (exact) mass is 323 g/mol. The zero-order valence-corrected chi connectivity index (χ0v) is 12.7. The van der Waals surface area contributed by atoms with Crippen LogP contribution in [0, 0.1) is 0 Å². The first-order valence-corrected chi connectivity index (χ1v) is 6.97. The van der Waals surface area contributed by atoms with E-state index in [-0.39, 0.29) is 4.91 Å². The summed E-state index contributed by atoms with van der Waals surface area (Å²) in [6.07, 6.45) is 1.51. The molecule has 1 aliphatic rings. The molecule has 116 valence electrons. The standard InChI is InChI=1S/C14H13NO6S/c1-20-9-4-3-8(5-10(9)21-2)6-11-13(18)15(7-12(16)17)14(19)22-11/h3-6H,7H2,1-2H3,(H,16,17)/b11-6-. The Balaban J connectivity index is 2.28. The van der Waals surface area contributed by atoms with E-state index in [0.717, 1.165) is 0 Å². The minimum Gasteiger partial charge on any atom is -0.493 e. The number of amides is 2. The first-order valence-electron chi connectivity index (χ1n) is 6.15. The first kappa shape index (κ1) is 15.9. The number of imide groups is 1. The van der Waals surface area contributed by atoms with Gasteiger partial charge in [-0.15, -0.1) is 0 Å². The minimum atomic E-state index is -1.24. The Hall–Kier alpha value is -2.48. The molecule has 1 fully saturated rings. The quantitative estimate of drug-likeness (QED) is 0.826. The second kappa shape index (κ2) is 6.52. The summed E-state index contributed by atoms with van der Waals surface area (Å²) >= 11 is 0.705. The van der Waals surface area contributed by atoms with Gasteiger partial charge in [-0.05, 0) is 35.5 Å². The lowest BCUT2D eigenvalue weighted by Crippen LogP contribution is -2.33. The highest BCUT2D eigenvalue weighted by Crippen LogP contribution is 2.34. The number of thioether (sulfide) groups is 1. The Labute approximate surface area is 130 Å². The van der Waals surface area contributed by atoms with Crippen LogP contribution in [0.3, 0.4) is 0 Å². The van der Waals surface area contributed by atoms with Gasteiger partial charge in [0.1, 0.15) is 6.54 Å². The van der Waals surface area contributed by atoms with E-state index in [4.69, 9.17) is 14.6 Å². The summed E-state index contributed by atoms with van der Waals surface area (Å²) in [5, 5.41) is 8.11. The van der Waals surface area contributed by atoms with Crippen LogP contribution in [0.1, 0.15) is 5.56 Å². The molecule has 7 nitrogen and oxygen atoms in total. The fourth-order valence-corrected chi connectivity index (χ4v) is 2.70. The van der Waals surface area contributed by atoms with Crippen LogP contribution in [0.4, 0.5) is 4.79 Å². The van der Waals surface area contributed by atoms with Gasteiger partial charge in [-0.2, -0.15) is 0 Å². The second-order valence-electron chi connectivity index (χ2n) is 4.28. The van der Waals surface area contributed by atoms with Gasteiger partial charge in [-0.3, -0.25) is 19.3 Å². The van der Waals surface area contributed by atoms with Crippen molar-refractivity contribution in [3.63, 3.8) is 0 Å². The number of hydrogen-bond acceptors (Lipinski definition) is 6. The van der Waals surface area contributed by atoms with Gasteiger partial charge in [-0.25, -0.2) is 0 Å². The van der Waals surface area contributed by atoms with Gasteiger partial charge in [0.05, 0.1) is 19.1 Å². The Morgan fingerprint density at radius 1 is 1.27 bits per heavy atom. The summed E-state index contributed by atoms with van der Waals surface area (Å²) in [5.74, 6) is -0.832. The zero-order valence-electron chi connectivity index (χ0n) is 11.9. The molecule has 0 spiro atoms. The van der Waals surface area contributed by atoms with Crippen LogP contribution in [0.15, 0.2) is 23.1 Å². The van der Waals surface area contributed by atoms with Crippen molar-refractivity contribution < 1.29 is 29.0 Å². The van der Waals surface area contributed by atoms with Crippen molar-refractivity contribution >= 4 is 35.0 Å². The molecule has 1 N–H and O–H groups in total. The number of carboxylic acids is 1. The largest absolute Gasteiger partial charge is 0.493 e. The van der Waals surface area contributed by atoms with Crippen LogP contribution in [0.2, 0.25) is 0 Å². The number of benzene rings is 1. The molecule has 1 aliphatic heterocycles. The van der Waals surface area contributed by atoms with Crippen molar-refractivity contribution in [1.29, 1.82) is 0 Å². The van der Waals surface area contributed by atoms with E-state index >= 15 is 0 Å². The van der Waals surface area contributed by atoms with Gasteiger partial charge in [0, 0.05) is 0 Å². The molecule has 0 aliphatic carbocycles. The number of ether oxygens (including phenoxy) is 2. The third-order valence-electron chi connectivity index (χ3n) is 2.87. The lowest BCUT2D eigenvalue weighted by molar-refractivity contribution is -0.140. The number of rotatable bonds is 5. The maximum atomic E-state index is 12.0. The SMILES string of the molecule is COc1ccc(/C=C2\SC(=O)N(CC(=O)O)C2=O)cc1OC. The molecule has 2 amide bonds. The lowest BCUT2D eigenvalue weighted by atomic mass is 10.2. The average molecular weight is 323 g/mol. The molecule has 0 aromatic heterocycles. The fourth-order valence-electron chi connectivity index (χ4n) is 1.87. The summed E-state index contributed by atoms with van der Waals surface area (Å²) in [5.41, 5.74) is 0.637. The van der Waals surface area contributed by atoms with E-state index in [0.29, 0.717) is 33.7 Å². The highest BCUT2D eigenvalue weighted by atomic mass is 32.2. The second-order valence-corrected chi connectivity index (χ2v) is 5.27. The van der Waals surface area contributed by atoms with E-state index in [1.54, 1.807) is 18.2 Å². The molecule has 0 bridgehead atoms. The van der Waals surface area contributed by atoms with Crippen molar-refractivity contribution in [3.05, 3.63) is 28.7 Å². The van der Waals surface area contributed by atoms with E-state index < -0.39 is 23.7 Å². The predicted octanol–water partition coefficient (Wildman–Crippen LogP) is 1.82. The van der Waals surface area contributed by atoms with E-state index in [1.807, 2.05) is 0 Å². The van der Waals surface area contributed by atoms with Crippen LogP contribution in [0.25, 0.3) is 6.08 Å². The average Bonchev–Trinajstić information content (AvgIpc) is 2.74. The van der Waals surface area contributed by atoms with Gasteiger partial charge in [-0.1, -0.05) is 6.07 Å². The zero-order chi connectivity index (χ0) is 16.3. The summed E-state index contributed by atoms with van der Waals surface area (Å²) in [4.78, 5) is 35.2. The molecule has 0 radical (unpaired) electrons. The normalized spacial score (nSPS) is 16.3. The molecule has 0 saturated carbocycles. The molecular formula is C14H13NO6S. The van der Waals surface area contributed by atoms with Gasteiger partial charge >= 0.3 is 5.97 Å². The third kappa shape index (κ3) is 3.22.